The first-order valence-electron chi connectivity index (χ1n) is 4.40. The SMILES string of the molecule is ClC1(Cc2ccccc2)NCCO1. The number of nitrogens with one attached hydrogen (secondary N) is 1. The van der Waals surface area contributed by atoms with E-state index >= 15 is 0 Å². The molecule has 1 fully saturated rings. The third kappa shape index (κ3) is 2.21. The average Bonchev–Trinajstić information content (AvgIpc) is 2.54. The average molecular weight is 198 g/mol. The summed E-state index contributed by atoms with van der Waals surface area (Å²) in [5.41, 5.74) is 1.19. The van der Waals surface area contributed by atoms with Crippen LogP contribution in [0.2, 0.25) is 0 Å². The van der Waals surface area contributed by atoms with E-state index in [1.54, 1.807) is 0 Å². The molecule has 0 aliphatic carbocycles. The second kappa shape index (κ2) is 3.66. The minimum absolute atomic E-state index is 0.679. The monoisotopic (exact) mass is 197 g/mol. The molecule has 0 amide bonds. The molecule has 13 heavy (non-hydrogen) atoms. The third-order valence-corrected chi connectivity index (χ3v) is 2.47. The number of hydrogen-bond acceptors (Lipinski definition) is 2. The van der Waals surface area contributed by atoms with Crippen LogP contribution in [0.25, 0.3) is 0 Å². The molecule has 1 N–H and O–H groups in total. The topological polar surface area (TPSA) is 21.3 Å². The summed E-state index contributed by atoms with van der Waals surface area (Å²) in [7, 11) is 0. The van der Waals surface area contributed by atoms with Gasteiger partial charge in [0.25, 0.3) is 0 Å². The van der Waals surface area contributed by atoms with Crippen LogP contribution in [0.1, 0.15) is 5.56 Å². The summed E-state index contributed by atoms with van der Waals surface area (Å²) in [4.78, 5) is 0. The number of halogens is 1. The van der Waals surface area contributed by atoms with Crippen LogP contribution in [0.15, 0.2) is 30.3 Å². The van der Waals surface area contributed by atoms with Crippen molar-refractivity contribution in [3.8, 4) is 0 Å². The minimum atomic E-state index is -0.679. The van der Waals surface area contributed by atoms with Gasteiger partial charge in [0.1, 0.15) is 0 Å². The van der Waals surface area contributed by atoms with Crippen molar-refractivity contribution in [3.05, 3.63) is 35.9 Å². The Morgan fingerprint density at radius 3 is 2.77 bits per heavy atom. The van der Waals surface area contributed by atoms with E-state index in [1.807, 2.05) is 30.3 Å². The zero-order chi connectivity index (χ0) is 9.15. The molecule has 2 nitrogen and oxygen atoms in total. The molecule has 0 saturated carbocycles. The van der Waals surface area contributed by atoms with Crippen molar-refractivity contribution < 1.29 is 4.74 Å². The molecule has 1 heterocycles. The summed E-state index contributed by atoms with van der Waals surface area (Å²) in [5.74, 6) is 0. The fourth-order valence-electron chi connectivity index (χ4n) is 1.47. The van der Waals surface area contributed by atoms with Gasteiger partial charge in [0.2, 0.25) is 0 Å². The van der Waals surface area contributed by atoms with E-state index in [0.717, 1.165) is 6.54 Å². The highest BCUT2D eigenvalue weighted by Gasteiger charge is 2.31. The van der Waals surface area contributed by atoms with Gasteiger partial charge in [-0.15, -0.1) is 0 Å². The maximum Gasteiger partial charge on any atom is 0.200 e. The quantitative estimate of drug-likeness (QED) is 0.576. The molecular weight excluding hydrogens is 186 g/mol. The summed E-state index contributed by atoms with van der Waals surface area (Å²) in [6.07, 6.45) is 0.704. The van der Waals surface area contributed by atoms with Crippen LogP contribution in [0.5, 0.6) is 0 Å². The Morgan fingerprint density at radius 2 is 2.15 bits per heavy atom. The van der Waals surface area contributed by atoms with Gasteiger partial charge < -0.3 is 4.74 Å². The van der Waals surface area contributed by atoms with Crippen molar-refractivity contribution in [2.75, 3.05) is 13.2 Å². The van der Waals surface area contributed by atoms with Gasteiger partial charge in [-0.25, -0.2) is 0 Å². The molecule has 1 aliphatic heterocycles. The highest BCUT2D eigenvalue weighted by atomic mass is 35.5. The van der Waals surface area contributed by atoms with Crippen molar-refractivity contribution in [2.45, 2.75) is 11.6 Å². The van der Waals surface area contributed by atoms with Crippen molar-refractivity contribution >= 4 is 11.6 Å². The first-order valence-corrected chi connectivity index (χ1v) is 4.78. The van der Waals surface area contributed by atoms with Gasteiger partial charge in [-0.1, -0.05) is 41.9 Å². The van der Waals surface area contributed by atoms with Crippen molar-refractivity contribution in [1.82, 2.24) is 5.32 Å². The lowest BCUT2D eigenvalue weighted by atomic mass is 10.1. The Hall–Kier alpha value is -0.570. The molecular formula is C10H12ClNO. The molecule has 3 heteroatoms. The lowest BCUT2D eigenvalue weighted by molar-refractivity contribution is 0.0639. The van der Waals surface area contributed by atoms with Crippen LogP contribution in [0.3, 0.4) is 0 Å². The standard InChI is InChI=1S/C10H12ClNO/c11-10(12-6-7-13-10)8-9-4-2-1-3-5-9/h1-5,12H,6-8H2. The van der Waals surface area contributed by atoms with Gasteiger partial charge in [-0.3, -0.25) is 5.32 Å². The van der Waals surface area contributed by atoms with E-state index in [2.05, 4.69) is 5.32 Å². The molecule has 1 aromatic rings. The fourth-order valence-corrected chi connectivity index (χ4v) is 1.80. The fraction of sp³-hybridized carbons (Fsp3) is 0.400. The lowest BCUT2D eigenvalue weighted by Gasteiger charge is -2.20. The normalized spacial score (nSPS) is 27.8. The molecule has 1 aliphatic rings. The molecule has 1 unspecified atom stereocenters. The predicted octanol–water partition coefficient (Wildman–Crippen LogP) is 1.74. The Morgan fingerprint density at radius 1 is 1.38 bits per heavy atom. The Kier molecular flexibility index (Phi) is 2.54. The summed E-state index contributed by atoms with van der Waals surface area (Å²) >= 11 is 6.17. The summed E-state index contributed by atoms with van der Waals surface area (Å²) in [5, 5.41) is 2.45. The number of ether oxygens (including phenoxy) is 1. The smallest absolute Gasteiger partial charge is 0.200 e. The molecule has 0 spiro atoms. The second-order valence-electron chi connectivity index (χ2n) is 3.17. The molecule has 0 aromatic heterocycles. The van der Waals surface area contributed by atoms with Gasteiger partial charge in [0, 0.05) is 13.0 Å². The first-order chi connectivity index (χ1) is 6.29. The van der Waals surface area contributed by atoms with Crippen LogP contribution in [-0.4, -0.2) is 18.3 Å². The van der Waals surface area contributed by atoms with Crippen molar-refractivity contribution in [3.63, 3.8) is 0 Å². The van der Waals surface area contributed by atoms with E-state index in [4.69, 9.17) is 16.3 Å². The summed E-state index contributed by atoms with van der Waals surface area (Å²) < 4.78 is 5.40. The molecule has 1 aromatic carbocycles. The summed E-state index contributed by atoms with van der Waals surface area (Å²) in [6, 6.07) is 10.1. The minimum Gasteiger partial charge on any atom is -0.345 e. The molecule has 1 saturated heterocycles. The predicted molar refractivity (Wildman–Crippen MR) is 52.7 cm³/mol. The van der Waals surface area contributed by atoms with Gasteiger partial charge in [0.15, 0.2) is 5.18 Å². The Labute approximate surface area is 82.9 Å². The zero-order valence-electron chi connectivity index (χ0n) is 7.29. The van der Waals surface area contributed by atoms with Crippen LogP contribution in [0.4, 0.5) is 0 Å². The maximum atomic E-state index is 6.17. The van der Waals surface area contributed by atoms with E-state index < -0.39 is 5.18 Å². The van der Waals surface area contributed by atoms with Gasteiger partial charge in [-0.2, -0.15) is 0 Å². The van der Waals surface area contributed by atoms with E-state index in [0.29, 0.717) is 13.0 Å². The van der Waals surface area contributed by atoms with Crippen LogP contribution in [0, 0.1) is 0 Å². The maximum absolute atomic E-state index is 6.17. The number of benzene rings is 1. The van der Waals surface area contributed by atoms with Gasteiger partial charge >= 0.3 is 0 Å². The number of alkyl halides is 1. The zero-order valence-corrected chi connectivity index (χ0v) is 8.05. The molecule has 0 bridgehead atoms. The largest absolute Gasteiger partial charge is 0.345 e. The van der Waals surface area contributed by atoms with Crippen molar-refractivity contribution in [1.29, 1.82) is 0 Å². The highest BCUT2D eigenvalue weighted by Crippen LogP contribution is 2.22. The van der Waals surface area contributed by atoms with E-state index in [9.17, 15) is 0 Å². The Balaban J connectivity index is 2.05. The Bertz CT molecular complexity index is 270. The van der Waals surface area contributed by atoms with E-state index in [1.165, 1.54) is 5.56 Å². The first kappa shape index (κ1) is 9.00. The van der Waals surface area contributed by atoms with Gasteiger partial charge in [-0.05, 0) is 5.56 Å². The van der Waals surface area contributed by atoms with Gasteiger partial charge in [0.05, 0.1) is 6.61 Å². The molecule has 2 rings (SSSR count). The van der Waals surface area contributed by atoms with E-state index in [-0.39, 0.29) is 0 Å². The second-order valence-corrected chi connectivity index (χ2v) is 3.78. The van der Waals surface area contributed by atoms with Crippen LogP contribution in [-0.2, 0) is 11.2 Å². The van der Waals surface area contributed by atoms with Crippen molar-refractivity contribution in [2.24, 2.45) is 0 Å². The number of rotatable bonds is 2. The highest BCUT2D eigenvalue weighted by molar-refractivity contribution is 6.22. The molecule has 0 radical (unpaired) electrons. The van der Waals surface area contributed by atoms with Crippen LogP contribution >= 0.6 is 11.6 Å². The summed E-state index contributed by atoms with van der Waals surface area (Å²) in [6.45, 7) is 1.52. The molecule has 1 atom stereocenters. The molecule has 70 valence electrons. The number of hydrogen-bond donors (Lipinski definition) is 1. The lowest BCUT2D eigenvalue weighted by Crippen LogP contribution is -2.37. The van der Waals surface area contributed by atoms with Crippen LogP contribution < -0.4 is 5.32 Å². The third-order valence-electron chi connectivity index (χ3n) is 2.10.